The normalized spacial score (nSPS) is 22.0. The van der Waals surface area contributed by atoms with Crippen LogP contribution in [-0.4, -0.2) is 45.7 Å². The highest BCUT2D eigenvalue weighted by Crippen LogP contribution is 2.27. The van der Waals surface area contributed by atoms with Gasteiger partial charge in [-0.05, 0) is 32.8 Å². The van der Waals surface area contributed by atoms with Crippen LogP contribution in [0.5, 0.6) is 0 Å². The average molecular weight is 328 g/mol. The summed E-state index contributed by atoms with van der Waals surface area (Å²) in [6.45, 7) is 4.71. The molecular formula is C16H26ClN3O2. The molecule has 1 heterocycles. The summed E-state index contributed by atoms with van der Waals surface area (Å²) in [7, 11) is 1.73. The molecule has 1 saturated carbocycles. The smallest absolute Gasteiger partial charge is 0.238 e. The minimum absolute atomic E-state index is 0.00273. The molecule has 1 aromatic rings. The minimum atomic E-state index is -0.0351. The number of carbonyl (C=O) groups is 1. The van der Waals surface area contributed by atoms with E-state index in [-0.39, 0.29) is 30.0 Å². The first-order valence-electron chi connectivity index (χ1n) is 7.99. The van der Waals surface area contributed by atoms with E-state index in [1.807, 2.05) is 15.6 Å². The molecule has 2 atom stereocenters. The van der Waals surface area contributed by atoms with E-state index in [1.165, 1.54) is 0 Å². The third kappa shape index (κ3) is 3.82. The van der Waals surface area contributed by atoms with Crippen molar-refractivity contribution in [3.63, 3.8) is 0 Å². The molecule has 22 heavy (non-hydrogen) atoms. The fraction of sp³-hybridized carbons (Fsp3) is 0.750. The molecule has 0 saturated heterocycles. The van der Waals surface area contributed by atoms with E-state index >= 15 is 0 Å². The first-order valence-corrected chi connectivity index (χ1v) is 8.52. The molecule has 1 aliphatic rings. The molecule has 1 aliphatic carbocycles. The number of methoxy groups -OCH3 is 1. The molecule has 0 aromatic carbocycles. The Bertz CT molecular complexity index is 489. The molecule has 1 aromatic heterocycles. The standard InChI is InChI=1S/C16H26ClN3O2/c1-12(2)20-13(8-9-18-20)11-19(16(21)10-17)14-6-4-5-7-15(14)22-3/h8-9,12,14-15H,4-7,10-11H2,1-3H3/t14-,15-/m1/s1. The molecule has 5 nitrogen and oxygen atoms in total. The van der Waals surface area contributed by atoms with Crippen LogP contribution in [-0.2, 0) is 16.1 Å². The molecule has 2 rings (SSSR count). The molecular weight excluding hydrogens is 302 g/mol. The van der Waals surface area contributed by atoms with Crippen molar-refractivity contribution in [2.75, 3.05) is 13.0 Å². The minimum Gasteiger partial charge on any atom is -0.379 e. The lowest BCUT2D eigenvalue weighted by Crippen LogP contribution is -2.49. The zero-order valence-corrected chi connectivity index (χ0v) is 14.4. The predicted octanol–water partition coefficient (Wildman–Crippen LogP) is 2.99. The van der Waals surface area contributed by atoms with Crippen LogP contribution in [0.1, 0.15) is 51.3 Å². The van der Waals surface area contributed by atoms with Gasteiger partial charge in [0.2, 0.25) is 5.91 Å². The Labute approximate surface area is 137 Å². The van der Waals surface area contributed by atoms with Crippen molar-refractivity contribution in [2.45, 2.75) is 64.3 Å². The molecule has 0 unspecified atom stereocenters. The predicted molar refractivity (Wildman–Crippen MR) is 86.9 cm³/mol. The van der Waals surface area contributed by atoms with E-state index in [0.29, 0.717) is 6.54 Å². The van der Waals surface area contributed by atoms with Crippen LogP contribution in [0.3, 0.4) is 0 Å². The summed E-state index contributed by atoms with van der Waals surface area (Å²) in [5.41, 5.74) is 1.04. The third-order valence-corrected chi connectivity index (χ3v) is 4.61. The molecule has 1 fully saturated rings. The second-order valence-corrected chi connectivity index (χ2v) is 6.41. The van der Waals surface area contributed by atoms with Gasteiger partial charge in [0.15, 0.2) is 0 Å². The number of rotatable bonds is 6. The third-order valence-electron chi connectivity index (χ3n) is 4.38. The number of hydrogen-bond acceptors (Lipinski definition) is 3. The van der Waals surface area contributed by atoms with E-state index in [4.69, 9.17) is 16.3 Å². The Morgan fingerprint density at radius 3 is 2.86 bits per heavy atom. The number of aromatic nitrogens is 2. The van der Waals surface area contributed by atoms with E-state index in [2.05, 4.69) is 18.9 Å². The number of hydrogen-bond donors (Lipinski definition) is 0. The van der Waals surface area contributed by atoms with Gasteiger partial charge in [-0.2, -0.15) is 5.10 Å². The summed E-state index contributed by atoms with van der Waals surface area (Å²) < 4.78 is 7.57. The number of carbonyl (C=O) groups excluding carboxylic acids is 1. The lowest BCUT2D eigenvalue weighted by atomic mass is 9.91. The summed E-state index contributed by atoms with van der Waals surface area (Å²) in [6.07, 6.45) is 6.12. The number of nitrogens with zero attached hydrogens (tertiary/aromatic N) is 3. The number of halogens is 1. The molecule has 0 N–H and O–H groups in total. The van der Waals surface area contributed by atoms with Crippen molar-refractivity contribution in [3.05, 3.63) is 18.0 Å². The van der Waals surface area contributed by atoms with Crippen molar-refractivity contribution in [1.82, 2.24) is 14.7 Å². The topological polar surface area (TPSA) is 47.4 Å². The second-order valence-electron chi connectivity index (χ2n) is 6.14. The van der Waals surface area contributed by atoms with Gasteiger partial charge in [0.05, 0.1) is 24.4 Å². The molecule has 0 radical (unpaired) electrons. The van der Waals surface area contributed by atoms with Gasteiger partial charge in [-0.1, -0.05) is 12.8 Å². The summed E-state index contributed by atoms with van der Waals surface area (Å²) in [5, 5.41) is 4.35. The van der Waals surface area contributed by atoms with Gasteiger partial charge >= 0.3 is 0 Å². The van der Waals surface area contributed by atoms with E-state index in [1.54, 1.807) is 13.3 Å². The van der Waals surface area contributed by atoms with Crippen LogP contribution in [0.15, 0.2) is 12.3 Å². The van der Waals surface area contributed by atoms with Crippen LogP contribution in [0, 0.1) is 0 Å². The van der Waals surface area contributed by atoms with Gasteiger partial charge in [-0.15, -0.1) is 11.6 Å². The largest absolute Gasteiger partial charge is 0.379 e. The maximum Gasteiger partial charge on any atom is 0.238 e. The van der Waals surface area contributed by atoms with Crippen molar-refractivity contribution in [1.29, 1.82) is 0 Å². The van der Waals surface area contributed by atoms with Crippen molar-refractivity contribution in [3.8, 4) is 0 Å². The maximum absolute atomic E-state index is 12.4. The zero-order chi connectivity index (χ0) is 16.1. The van der Waals surface area contributed by atoms with Gasteiger partial charge in [0.1, 0.15) is 5.88 Å². The second kappa shape index (κ2) is 7.97. The molecule has 1 amide bonds. The zero-order valence-electron chi connectivity index (χ0n) is 13.7. The highest BCUT2D eigenvalue weighted by atomic mass is 35.5. The Balaban J connectivity index is 2.22. The Morgan fingerprint density at radius 1 is 1.50 bits per heavy atom. The van der Waals surface area contributed by atoms with Crippen molar-refractivity contribution >= 4 is 17.5 Å². The molecule has 0 spiro atoms. The first-order chi connectivity index (χ1) is 10.6. The molecule has 0 bridgehead atoms. The fourth-order valence-corrected chi connectivity index (χ4v) is 3.44. The molecule has 6 heteroatoms. The summed E-state index contributed by atoms with van der Waals surface area (Å²) in [5.74, 6) is -0.0323. The number of amides is 1. The lowest BCUT2D eigenvalue weighted by molar-refractivity contribution is -0.136. The monoisotopic (exact) mass is 327 g/mol. The Morgan fingerprint density at radius 2 is 2.23 bits per heavy atom. The van der Waals surface area contributed by atoms with E-state index in [0.717, 1.165) is 31.4 Å². The summed E-state index contributed by atoms with van der Waals surface area (Å²) in [6, 6.07) is 2.34. The quantitative estimate of drug-likeness (QED) is 0.755. The number of alkyl halides is 1. The number of ether oxygens (including phenoxy) is 1. The van der Waals surface area contributed by atoms with Crippen LogP contribution in [0.2, 0.25) is 0 Å². The van der Waals surface area contributed by atoms with E-state index in [9.17, 15) is 4.79 Å². The summed E-state index contributed by atoms with van der Waals surface area (Å²) in [4.78, 5) is 14.3. The van der Waals surface area contributed by atoms with E-state index < -0.39 is 0 Å². The Kier molecular flexibility index (Phi) is 6.26. The van der Waals surface area contributed by atoms with Crippen molar-refractivity contribution < 1.29 is 9.53 Å². The highest BCUT2D eigenvalue weighted by Gasteiger charge is 2.33. The van der Waals surface area contributed by atoms with Gasteiger partial charge in [0.25, 0.3) is 0 Å². The maximum atomic E-state index is 12.4. The van der Waals surface area contributed by atoms with Crippen LogP contribution >= 0.6 is 11.6 Å². The highest BCUT2D eigenvalue weighted by molar-refractivity contribution is 6.27. The van der Waals surface area contributed by atoms with Crippen LogP contribution < -0.4 is 0 Å². The molecule has 124 valence electrons. The summed E-state index contributed by atoms with van der Waals surface area (Å²) >= 11 is 5.84. The first kappa shape index (κ1) is 17.3. The van der Waals surface area contributed by atoms with Gasteiger partial charge in [-0.25, -0.2) is 0 Å². The van der Waals surface area contributed by atoms with Crippen molar-refractivity contribution in [2.24, 2.45) is 0 Å². The van der Waals surface area contributed by atoms with Crippen LogP contribution in [0.4, 0.5) is 0 Å². The Hall–Kier alpha value is -1.07. The van der Waals surface area contributed by atoms with Gasteiger partial charge < -0.3 is 9.64 Å². The molecule has 0 aliphatic heterocycles. The SMILES string of the molecule is CO[C@@H]1CCCC[C@H]1N(Cc1ccnn1C(C)C)C(=O)CCl. The van der Waals surface area contributed by atoms with Gasteiger partial charge in [-0.3, -0.25) is 9.48 Å². The lowest BCUT2D eigenvalue weighted by Gasteiger charge is -2.39. The van der Waals surface area contributed by atoms with Gasteiger partial charge in [0, 0.05) is 19.3 Å². The average Bonchev–Trinajstić information content (AvgIpc) is 3.00. The van der Waals surface area contributed by atoms with Crippen LogP contribution in [0.25, 0.3) is 0 Å². The fourth-order valence-electron chi connectivity index (χ4n) is 3.28.